The van der Waals surface area contributed by atoms with Crippen molar-refractivity contribution in [1.29, 1.82) is 5.26 Å². The predicted octanol–water partition coefficient (Wildman–Crippen LogP) is 4.48. The molecule has 3 rings (SSSR count). The van der Waals surface area contributed by atoms with Crippen LogP contribution in [0.3, 0.4) is 0 Å². The summed E-state index contributed by atoms with van der Waals surface area (Å²) in [6.45, 7) is 4.08. The Morgan fingerprint density at radius 1 is 0.889 bits per heavy atom. The van der Waals surface area contributed by atoms with E-state index >= 15 is 0 Å². The molecule has 0 aliphatic heterocycles. The first kappa shape index (κ1) is 10.8. The van der Waals surface area contributed by atoms with Gasteiger partial charge in [0.1, 0.15) is 6.07 Å². The molecule has 0 saturated heterocycles. The number of nitriles is 1. The van der Waals surface area contributed by atoms with Crippen LogP contribution in [-0.2, 0) is 0 Å². The van der Waals surface area contributed by atoms with Crippen molar-refractivity contribution >= 4 is 21.5 Å². The zero-order chi connectivity index (χ0) is 12.7. The molecule has 1 heteroatoms. The highest BCUT2D eigenvalue weighted by molar-refractivity contribution is 6.01. The van der Waals surface area contributed by atoms with Crippen molar-refractivity contribution < 1.29 is 0 Å². The fourth-order valence-electron chi connectivity index (χ4n) is 2.48. The van der Waals surface area contributed by atoms with Crippen molar-refractivity contribution in [1.82, 2.24) is 0 Å². The zero-order valence-electron chi connectivity index (χ0n) is 10.5. The number of fused-ring (bicyclic) bond motifs is 2. The normalized spacial score (nSPS) is 10.7. The Bertz CT molecular complexity index is 807. The second kappa shape index (κ2) is 3.85. The molecule has 0 bridgehead atoms. The quantitative estimate of drug-likeness (QED) is 0.523. The summed E-state index contributed by atoms with van der Waals surface area (Å²) in [5.41, 5.74) is 3.06. The second-order valence-corrected chi connectivity index (χ2v) is 4.73. The molecule has 0 amide bonds. The standard InChI is InChI=1S/C17H13N/c1-11-7-15-8-13-5-3-4-6-14(13)9-16(15)17(10-18)12(11)2/h3-9H,1-2H3. The van der Waals surface area contributed by atoms with Gasteiger partial charge < -0.3 is 0 Å². The van der Waals surface area contributed by atoms with Gasteiger partial charge in [-0.1, -0.05) is 30.3 Å². The van der Waals surface area contributed by atoms with E-state index in [1.54, 1.807) is 0 Å². The topological polar surface area (TPSA) is 23.8 Å². The zero-order valence-corrected chi connectivity index (χ0v) is 10.5. The second-order valence-electron chi connectivity index (χ2n) is 4.73. The van der Waals surface area contributed by atoms with Crippen LogP contribution in [0.4, 0.5) is 0 Å². The lowest BCUT2D eigenvalue weighted by Gasteiger charge is -2.09. The van der Waals surface area contributed by atoms with E-state index in [0.29, 0.717) is 0 Å². The average molecular weight is 231 g/mol. The van der Waals surface area contributed by atoms with Gasteiger partial charge in [-0.2, -0.15) is 5.26 Å². The minimum atomic E-state index is 0.802. The summed E-state index contributed by atoms with van der Waals surface area (Å²) in [5.74, 6) is 0. The largest absolute Gasteiger partial charge is 0.192 e. The molecule has 0 aliphatic rings. The molecule has 3 aromatic rings. The lowest BCUT2D eigenvalue weighted by Crippen LogP contribution is -1.90. The van der Waals surface area contributed by atoms with E-state index in [1.807, 2.05) is 19.1 Å². The van der Waals surface area contributed by atoms with Crippen LogP contribution in [0.2, 0.25) is 0 Å². The van der Waals surface area contributed by atoms with Crippen LogP contribution in [0.1, 0.15) is 16.7 Å². The highest BCUT2D eigenvalue weighted by Gasteiger charge is 2.08. The molecule has 3 aromatic carbocycles. The Kier molecular flexibility index (Phi) is 2.31. The smallest absolute Gasteiger partial charge is 0.100 e. The summed E-state index contributed by atoms with van der Waals surface area (Å²) in [6, 6.07) is 17.1. The Balaban J connectivity index is 2.55. The summed E-state index contributed by atoms with van der Waals surface area (Å²) in [7, 11) is 0. The van der Waals surface area contributed by atoms with E-state index < -0.39 is 0 Å². The molecule has 0 aromatic heterocycles. The fourth-order valence-corrected chi connectivity index (χ4v) is 2.48. The van der Waals surface area contributed by atoms with E-state index in [4.69, 9.17) is 0 Å². The molecule has 1 nitrogen and oxygen atoms in total. The molecule has 0 aliphatic carbocycles. The summed E-state index contributed by atoms with van der Waals surface area (Å²) >= 11 is 0. The average Bonchev–Trinajstić information content (AvgIpc) is 2.38. The van der Waals surface area contributed by atoms with Crippen molar-refractivity contribution in [3.05, 3.63) is 59.2 Å². The highest BCUT2D eigenvalue weighted by atomic mass is 14.3. The van der Waals surface area contributed by atoms with E-state index in [1.165, 1.54) is 16.3 Å². The molecular formula is C17H13N. The molecule has 0 saturated carbocycles. The molecule has 0 heterocycles. The number of hydrogen-bond donors (Lipinski definition) is 0. The van der Waals surface area contributed by atoms with Gasteiger partial charge in [-0.3, -0.25) is 0 Å². The summed E-state index contributed by atoms with van der Waals surface area (Å²) in [4.78, 5) is 0. The van der Waals surface area contributed by atoms with Gasteiger partial charge in [0.15, 0.2) is 0 Å². The lowest BCUT2D eigenvalue weighted by molar-refractivity contribution is 1.33. The van der Waals surface area contributed by atoms with Crippen LogP contribution in [0.15, 0.2) is 42.5 Å². The SMILES string of the molecule is Cc1cc2cc3ccccc3cc2c(C#N)c1C. The van der Waals surface area contributed by atoms with Crippen LogP contribution in [0.25, 0.3) is 21.5 Å². The number of rotatable bonds is 0. The molecule has 0 fully saturated rings. The molecule has 0 N–H and O–H groups in total. The minimum Gasteiger partial charge on any atom is -0.192 e. The number of hydrogen-bond acceptors (Lipinski definition) is 1. The molecule has 18 heavy (non-hydrogen) atoms. The third-order valence-electron chi connectivity index (χ3n) is 3.64. The summed E-state index contributed by atoms with van der Waals surface area (Å²) < 4.78 is 0. The molecule has 0 atom stereocenters. The van der Waals surface area contributed by atoms with Crippen LogP contribution in [0, 0.1) is 25.2 Å². The minimum absolute atomic E-state index is 0.802. The Hall–Kier alpha value is -2.33. The van der Waals surface area contributed by atoms with E-state index in [-0.39, 0.29) is 0 Å². The van der Waals surface area contributed by atoms with Gasteiger partial charge in [0.05, 0.1) is 5.56 Å². The van der Waals surface area contributed by atoms with Crippen molar-refractivity contribution in [3.63, 3.8) is 0 Å². The van der Waals surface area contributed by atoms with Crippen LogP contribution >= 0.6 is 0 Å². The van der Waals surface area contributed by atoms with Gasteiger partial charge in [0.25, 0.3) is 0 Å². The van der Waals surface area contributed by atoms with Crippen molar-refractivity contribution in [2.45, 2.75) is 13.8 Å². The van der Waals surface area contributed by atoms with Crippen molar-refractivity contribution in [2.75, 3.05) is 0 Å². The van der Waals surface area contributed by atoms with E-state index in [0.717, 1.165) is 21.9 Å². The number of aryl methyl sites for hydroxylation is 1. The molecule has 0 unspecified atom stereocenters. The Morgan fingerprint density at radius 2 is 1.56 bits per heavy atom. The van der Waals surface area contributed by atoms with Crippen LogP contribution < -0.4 is 0 Å². The molecular weight excluding hydrogens is 218 g/mol. The molecule has 0 radical (unpaired) electrons. The maximum absolute atomic E-state index is 9.36. The molecule has 0 spiro atoms. The fraction of sp³-hybridized carbons (Fsp3) is 0.118. The lowest BCUT2D eigenvalue weighted by atomic mass is 9.94. The van der Waals surface area contributed by atoms with Gasteiger partial charge in [0.2, 0.25) is 0 Å². The maximum Gasteiger partial charge on any atom is 0.100 e. The molecule has 86 valence electrons. The first-order chi connectivity index (χ1) is 8.70. The summed E-state index contributed by atoms with van der Waals surface area (Å²) in [6.07, 6.45) is 0. The van der Waals surface area contributed by atoms with Gasteiger partial charge in [-0.15, -0.1) is 0 Å². The van der Waals surface area contributed by atoms with Crippen LogP contribution in [0.5, 0.6) is 0 Å². The van der Waals surface area contributed by atoms with Crippen LogP contribution in [-0.4, -0.2) is 0 Å². The summed E-state index contributed by atoms with van der Waals surface area (Å²) in [5, 5.41) is 14.0. The third-order valence-corrected chi connectivity index (χ3v) is 3.64. The maximum atomic E-state index is 9.36. The van der Waals surface area contributed by atoms with E-state index in [2.05, 4.69) is 43.3 Å². The van der Waals surface area contributed by atoms with Crippen molar-refractivity contribution in [2.24, 2.45) is 0 Å². The first-order valence-electron chi connectivity index (χ1n) is 6.03. The van der Waals surface area contributed by atoms with Gasteiger partial charge >= 0.3 is 0 Å². The Labute approximate surface area is 106 Å². The van der Waals surface area contributed by atoms with Crippen molar-refractivity contribution in [3.8, 4) is 6.07 Å². The number of nitrogens with zero attached hydrogens (tertiary/aromatic N) is 1. The first-order valence-corrected chi connectivity index (χ1v) is 6.03. The highest BCUT2D eigenvalue weighted by Crippen LogP contribution is 2.28. The Morgan fingerprint density at radius 3 is 2.22 bits per heavy atom. The predicted molar refractivity (Wildman–Crippen MR) is 75.6 cm³/mol. The third kappa shape index (κ3) is 1.47. The van der Waals surface area contributed by atoms with Gasteiger partial charge in [-0.25, -0.2) is 0 Å². The number of benzene rings is 3. The monoisotopic (exact) mass is 231 g/mol. The van der Waals surface area contributed by atoms with E-state index in [9.17, 15) is 5.26 Å². The van der Waals surface area contributed by atoms with Gasteiger partial charge in [0, 0.05) is 5.39 Å². The van der Waals surface area contributed by atoms with Gasteiger partial charge in [-0.05, 0) is 53.3 Å².